The molecule has 0 saturated heterocycles. The van der Waals surface area contributed by atoms with E-state index in [-0.39, 0.29) is 17.5 Å². The van der Waals surface area contributed by atoms with Crippen LogP contribution in [0.5, 0.6) is 0 Å². The van der Waals surface area contributed by atoms with Gasteiger partial charge < -0.3 is 14.3 Å². The number of aryl methyl sites for hydroxylation is 2. The van der Waals surface area contributed by atoms with Gasteiger partial charge in [0, 0.05) is 25.0 Å². The minimum absolute atomic E-state index is 0.256. The molecule has 6 heteroatoms. The van der Waals surface area contributed by atoms with Crippen molar-refractivity contribution in [3.05, 3.63) is 77.5 Å². The Morgan fingerprint density at radius 1 is 1.30 bits per heavy atom. The topological polar surface area (TPSA) is 60.1 Å². The molecule has 1 atom stereocenters. The van der Waals surface area contributed by atoms with E-state index in [1.807, 2.05) is 11.6 Å². The fourth-order valence-corrected chi connectivity index (χ4v) is 2.41. The van der Waals surface area contributed by atoms with Crippen molar-refractivity contribution in [3.8, 4) is 0 Å². The van der Waals surface area contributed by atoms with E-state index in [0.717, 1.165) is 11.1 Å². The maximum absolute atomic E-state index is 13.2. The van der Waals surface area contributed by atoms with Crippen LogP contribution in [0.15, 0.2) is 53.4 Å². The number of furan rings is 1. The third kappa shape index (κ3) is 3.01. The van der Waals surface area contributed by atoms with Crippen LogP contribution in [0.2, 0.25) is 0 Å². The van der Waals surface area contributed by atoms with Gasteiger partial charge in [0.15, 0.2) is 5.76 Å². The van der Waals surface area contributed by atoms with Gasteiger partial charge in [-0.25, -0.2) is 9.37 Å². The minimum Gasteiger partial charge on any atom is -0.459 e. The summed E-state index contributed by atoms with van der Waals surface area (Å²) in [5.41, 5.74) is 1.48. The van der Waals surface area contributed by atoms with Gasteiger partial charge in [-0.15, -0.1) is 0 Å². The normalized spacial score (nSPS) is 12.1. The van der Waals surface area contributed by atoms with Crippen molar-refractivity contribution in [1.82, 2.24) is 14.9 Å². The summed E-state index contributed by atoms with van der Waals surface area (Å²) in [6.45, 7) is 1.80. The zero-order valence-corrected chi connectivity index (χ0v) is 12.8. The number of hydrogen-bond donors (Lipinski definition) is 1. The number of rotatable bonds is 4. The highest BCUT2D eigenvalue weighted by molar-refractivity contribution is 5.93. The first-order valence-corrected chi connectivity index (χ1v) is 7.14. The summed E-state index contributed by atoms with van der Waals surface area (Å²) in [6.07, 6.45) is 4.91. The second kappa shape index (κ2) is 6.08. The molecule has 118 valence electrons. The molecule has 1 unspecified atom stereocenters. The Morgan fingerprint density at radius 3 is 2.61 bits per heavy atom. The summed E-state index contributed by atoms with van der Waals surface area (Å²) < 4.78 is 20.2. The number of carbonyl (C=O) groups excluding carboxylic acids is 1. The van der Waals surface area contributed by atoms with Gasteiger partial charge in [0.1, 0.15) is 17.7 Å². The largest absolute Gasteiger partial charge is 0.459 e. The van der Waals surface area contributed by atoms with Crippen LogP contribution < -0.4 is 5.32 Å². The predicted molar refractivity (Wildman–Crippen MR) is 82.4 cm³/mol. The highest BCUT2D eigenvalue weighted by atomic mass is 19.1. The Bertz CT molecular complexity index is 820. The van der Waals surface area contributed by atoms with Crippen LogP contribution in [-0.2, 0) is 7.05 Å². The lowest BCUT2D eigenvalue weighted by Crippen LogP contribution is -2.31. The van der Waals surface area contributed by atoms with Gasteiger partial charge in [0.05, 0.1) is 6.26 Å². The molecule has 2 heterocycles. The average molecular weight is 313 g/mol. The Balaban J connectivity index is 1.96. The molecule has 23 heavy (non-hydrogen) atoms. The Morgan fingerprint density at radius 2 is 2.04 bits per heavy atom. The van der Waals surface area contributed by atoms with E-state index in [1.54, 1.807) is 37.5 Å². The molecule has 3 rings (SSSR count). The van der Waals surface area contributed by atoms with E-state index < -0.39 is 6.04 Å². The first kappa shape index (κ1) is 15.0. The first-order valence-electron chi connectivity index (χ1n) is 7.14. The van der Waals surface area contributed by atoms with Crippen LogP contribution in [-0.4, -0.2) is 15.5 Å². The molecule has 0 radical (unpaired) electrons. The molecule has 0 fully saturated rings. The third-order valence-electron chi connectivity index (χ3n) is 3.66. The van der Waals surface area contributed by atoms with Gasteiger partial charge in [0.25, 0.3) is 5.91 Å². The lowest BCUT2D eigenvalue weighted by Gasteiger charge is -2.18. The van der Waals surface area contributed by atoms with E-state index in [1.165, 1.54) is 18.4 Å². The number of aromatic nitrogens is 2. The number of nitrogens with one attached hydrogen (secondary N) is 1. The number of halogens is 1. The molecular weight excluding hydrogens is 297 g/mol. The maximum Gasteiger partial charge on any atom is 0.288 e. The summed E-state index contributed by atoms with van der Waals surface area (Å²) in [5, 5.41) is 2.90. The average Bonchev–Trinajstić information content (AvgIpc) is 3.14. The summed E-state index contributed by atoms with van der Waals surface area (Å²) in [4.78, 5) is 16.8. The second-order valence-corrected chi connectivity index (χ2v) is 5.29. The Kier molecular flexibility index (Phi) is 3.97. The molecule has 2 aromatic heterocycles. The molecule has 0 bridgehead atoms. The Labute approximate surface area is 132 Å². The van der Waals surface area contributed by atoms with E-state index in [0.29, 0.717) is 5.82 Å². The number of carbonyl (C=O) groups is 1. The van der Waals surface area contributed by atoms with Crippen LogP contribution in [0.4, 0.5) is 4.39 Å². The van der Waals surface area contributed by atoms with Crippen molar-refractivity contribution in [2.45, 2.75) is 13.0 Å². The third-order valence-corrected chi connectivity index (χ3v) is 3.66. The zero-order chi connectivity index (χ0) is 16.4. The van der Waals surface area contributed by atoms with Gasteiger partial charge in [-0.3, -0.25) is 4.79 Å². The predicted octanol–water partition coefficient (Wildman–Crippen LogP) is 2.98. The summed E-state index contributed by atoms with van der Waals surface area (Å²) in [6, 6.07) is 7.19. The highest BCUT2D eigenvalue weighted by Gasteiger charge is 2.23. The first-order chi connectivity index (χ1) is 11.1. The van der Waals surface area contributed by atoms with Crippen molar-refractivity contribution >= 4 is 5.91 Å². The fourth-order valence-electron chi connectivity index (χ4n) is 2.41. The van der Waals surface area contributed by atoms with Gasteiger partial charge in [-0.2, -0.15) is 0 Å². The van der Waals surface area contributed by atoms with Crippen molar-refractivity contribution in [2.75, 3.05) is 0 Å². The highest BCUT2D eigenvalue weighted by Crippen LogP contribution is 2.22. The maximum atomic E-state index is 13.2. The number of imidazole rings is 1. The molecule has 0 aliphatic carbocycles. The van der Waals surface area contributed by atoms with Gasteiger partial charge >= 0.3 is 0 Å². The van der Waals surface area contributed by atoms with Crippen molar-refractivity contribution in [3.63, 3.8) is 0 Å². The lowest BCUT2D eigenvalue weighted by molar-refractivity contribution is 0.0912. The molecule has 3 aromatic rings. The molecule has 1 amide bonds. The zero-order valence-electron chi connectivity index (χ0n) is 12.8. The van der Waals surface area contributed by atoms with E-state index in [9.17, 15) is 9.18 Å². The quantitative estimate of drug-likeness (QED) is 0.805. The van der Waals surface area contributed by atoms with E-state index in [2.05, 4.69) is 10.3 Å². The molecule has 1 aromatic carbocycles. The monoisotopic (exact) mass is 313 g/mol. The molecule has 1 N–H and O–H groups in total. The number of amides is 1. The molecule has 0 aliphatic heterocycles. The minimum atomic E-state index is -0.507. The van der Waals surface area contributed by atoms with Gasteiger partial charge in [0.2, 0.25) is 0 Å². The summed E-state index contributed by atoms with van der Waals surface area (Å²) in [5.74, 6) is 0.228. The molecule has 5 nitrogen and oxygen atoms in total. The fraction of sp³-hybridized carbons (Fsp3) is 0.176. The number of benzene rings is 1. The molecule has 0 aliphatic rings. The van der Waals surface area contributed by atoms with Crippen molar-refractivity contribution in [1.29, 1.82) is 0 Å². The van der Waals surface area contributed by atoms with E-state index in [4.69, 9.17) is 4.42 Å². The van der Waals surface area contributed by atoms with Gasteiger partial charge in [-0.1, -0.05) is 12.1 Å². The van der Waals surface area contributed by atoms with Gasteiger partial charge in [-0.05, 0) is 30.7 Å². The molecule has 0 spiro atoms. The second-order valence-electron chi connectivity index (χ2n) is 5.29. The number of nitrogens with zero attached hydrogens (tertiary/aromatic N) is 2. The lowest BCUT2D eigenvalue weighted by atomic mass is 10.1. The van der Waals surface area contributed by atoms with Crippen LogP contribution in [0, 0.1) is 12.7 Å². The molecule has 0 saturated carbocycles. The van der Waals surface area contributed by atoms with Crippen LogP contribution >= 0.6 is 0 Å². The summed E-state index contributed by atoms with van der Waals surface area (Å²) in [7, 11) is 1.84. The van der Waals surface area contributed by atoms with Crippen molar-refractivity contribution in [2.24, 2.45) is 7.05 Å². The molecular formula is C17H16FN3O2. The Hall–Kier alpha value is -2.89. The van der Waals surface area contributed by atoms with Crippen molar-refractivity contribution < 1.29 is 13.6 Å². The SMILES string of the molecule is Cc1ccoc1C(=O)NC(c1ccc(F)cc1)c1nccn1C. The van der Waals surface area contributed by atoms with E-state index >= 15 is 0 Å². The van der Waals surface area contributed by atoms with Crippen LogP contribution in [0.1, 0.15) is 33.5 Å². The van der Waals surface area contributed by atoms with Crippen LogP contribution in [0.25, 0.3) is 0 Å². The van der Waals surface area contributed by atoms with Crippen LogP contribution in [0.3, 0.4) is 0 Å². The standard InChI is InChI=1S/C17H16FN3O2/c1-11-7-10-23-15(11)17(22)20-14(16-19-8-9-21(16)2)12-3-5-13(18)6-4-12/h3-10,14H,1-2H3,(H,20,22). The number of hydrogen-bond acceptors (Lipinski definition) is 3. The smallest absolute Gasteiger partial charge is 0.288 e. The summed E-state index contributed by atoms with van der Waals surface area (Å²) >= 11 is 0.